The van der Waals surface area contributed by atoms with Crippen LogP contribution in [0.2, 0.25) is 0 Å². The quantitative estimate of drug-likeness (QED) is 0.378. The molecule has 0 unspecified atom stereocenters. The maximum absolute atomic E-state index is 12.5. The Labute approximate surface area is 165 Å². The fraction of sp³-hybridized carbons (Fsp3) is 0.476. The van der Waals surface area contributed by atoms with Gasteiger partial charge in [0.05, 0.1) is 18.4 Å². The van der Waals surface area contributed by atoms with Crippen molar-refractivity contribution in [2.75, 3.05) is 6.61 Å². The van der Waals surface area contributed by atoms with E-state index in [1.54, 1.807) is 24.3 Å². The molecule has 0 heterocycles. The standard InChI is InChI=1S/C21H28N2O5/c1-4-5-10-28-16-8-6-15(7-9-16)19(24)22-23-20(25)17-11-13(2)14(3)12-18(17)21(26)27/h6-9,17-18H,4-5,10-12H2,1-3H3,(H,22,24)(H,23,25)(H,26,27)/t17-,18+/m0/s1. The number of amides is 2. The van der Waals surface area contributed by atoms with Crippen LogP contribution in [0.15, 0.2) is 35.4 Å². The van der Waals surface area contributed by atoms with Crippen LogP contribution in [0.4, 0.5) is 0 Å². The number of hydrazine groups is 1. The molecule has 0 saturated heterocycles. The van der Waals surface area contributed by atoms with Gasteiger partial charge in [0.15, 0.2) is 0 Å². The van der Waals surface area contributed by atoms with E-state index in [1.165, 1.54) is 0 Å². The first-order valence-electron chi connectivity index (χ1n) is 9.54. The number of aliphatic carboxylic acids is 1. The van der Waals surface area contributed by atoms with E-state index in [0.29, 0.717) is 30.8 Å². The van der Waals surface area contributed by atoms with Gasteiger partial charge in [-0.1, -0.05) is 24.5 Å². The minimum Gasteiger partial charge on any atom is -0.494 e. The lowest BCUT2D eigenvalue weighted by Crippen LogP contribution is -2.48. The van der Waals surface area contributed by atoms with Gasteiger partial charge in [-0.25, -0.2) is 0 Å². The summed E-state index contributed by atoms with van der Waals surface area (Å²) >= 11 is 0. The molecular formula is C21H28N2O5. The van der Waals surface area contributed by atoms with Crippen LogP contribution in [0.3, 0.4) is 0 Å². The van der Waals surface area contributed by atoms with Crippen LogP contribution >= 0.6 is 0 Å². The van der Waals surface area contributed by atoms with Gasteiger partial charge in [0, 0.05) is 5.56 Å². The molecule has 1 aliphatic carbocycles. The van der Waals surface area contributed by atoms with E-state index in [-0.39, 0.29) is 0 Å². The van der Waals surface area contributed by atoms with Crippen LogP contribution in [-0.4, -0.2) is 29.5 Å². The van der Waals surface area contributed by atoms with E-state index in [9.17, 15) is 19.5 Å². The predicted molar refractivity (Wildman–Crippen MR) is 105 cm³/mol. The van der Waals surface area contributed by atoms with Crippen molar-refractivity contribution in [1.82, 2.24) is 10.9 Å². The van der Waals surface area contributed by atoms with E-state index in [4.69, 9.17) is 4.74 Å². The second-order valence-electron chi connectivity index (χ2n) is 7.19. The summed E-state index contributed by atoms with van der Waals surface area (Å²) in [5, 5.41) is 9.42. The van der Waals surface area contributed by atoms with Gasteiger partial charge >= 0.3 is 5.97 Å². The third kappa shape index (κ3) is 5.58. The number of hydrogen-bond acceptors (Lipinski definition) is 4. The zero-order chi connectivity index (χ0) is 20.7. The molecule has 0 spiro atoms. The largest absolute Gasteiger partial charge is 0.494 e. The average Bonchev–Trinajstić information content (AvgIpc) is 2.68. The molecule has 7 heteroatoms. The number of carbonyl (C=O) groups excluding carboxylic acids is 2. The minimum atomic E-state index is -1.00. The van der Waals surface area contributed by atoms with Crippen molar-refractivity contribution in [2.45, 2.75) is 46.5 Å². The molecule has 1 aromatic carbocycles. The number of unbranched alkanes of at least 4 members (excludes halogenated alkanes) is 1. The lowest BCUT2D eigenvalue weighted by atomic mass is 9.76. The summed E-state index contributed by atoms with van der Waals surface area (Å²) in [6.45, 7) is 6.49. The smallest absolute Gasteiger partial charge is 0.307 e. The second-order valence-corrected chi connectivity index (χ2v) is 7.19. The number of hydrogen-bond donors (Lipinski definition) is 3. The Morgan fingerprint density at radius 3 is 2.21 bits per heavy atom. The number of rotatable bonds is 7. The maximum Gasteiger partial charge on any atom is 0.307 e. The van der Waals surface area contributed by atoms with Crippen LogP contribution in [0.25, 0.3) is 0 Å². The van der Waals surface area contributed by atoms with Crippen molar-refractivity contribution in [3.63, 3.8) is 0 Å². The molecule has 1 aliphatic rings. The molecule has 2 rings (SSSR count). The van der Waals surface area contributed by atoms with Crippen molar-refractivity contribution in [1.29, 1.82) is 0 Å². The van der Waals surface area contributed by atoms with Crippen molar-refractivity contribution in [2.24, 2.45) is 11.8 Å². The third-order valence-corrected chi connectivity index (χ3v) is 5.10. The highest BCUT2D eigenvalue weighted by Gasteiger charge is 2.37. The Balaban J connectivity index is 1.92. The number of ether oxygens (including phenoxy) is 1. The average molecular weight is 388 g/mol. The van der Waals surface area contributed by atoms with Crippen LogP contribution in [0.1, 0.15) is 56.8 Å². The van der Waals surface area contributed by atoms with Crippen molar-refractivity contribution >= 4 is 17.8 Å². The van der Waals surface area contributed by atoms with Crippen LogP contribution in [-0.2, 0) is 9.59 Å². The summed E-state index contributed by atoms with van der Waals surface area (Å²) in [6.07, 6.45) is 2.71. The predicted octanol–water partition coefficient (Wildman–Crippen LogP) is 3.07. The molecule has 0 saturated carbocycles. The number of carbonyl (C=O) groups is 3. The molecule has 3 N–H and O–H groups in total. The summed E-state index contributed by atoms with van der Waals surface area (Å²) in [5.74, 6) is -2.79. The molecule has 0 radical (unpaired) electrons. The molecule has 1 aromatic rings. The van der Waals surface area contributed by atoms with Crippen molar-refractivity contribution in [3.05, 3.63) is 41.0 Å². The summed E-state index contributed by atoms with van der Waals surface area (Å²) < 4.78 is 5.55. The van der Waals surface area contributed by atoms with Gasteiger partial charge < -0.3 is 9.84 Å². The van der Waals surface area contributed by atoms with Crippen molar-refractivity contribution in [3.8, 4) is 5.75 Å². The Morgan fingerprint density at radius 2 is 1.64 bits per heavy atom. The van der Waals surface area contributed by atoms with Crippen LogP contribution in [0, 0.1) is 11.8 Å². The highest BCUT2D eigenvalue weighted by Crippen LogP contribution is 2.34. The Kier molecular flexibility index (Phi) is 7.61. The summed E-state index contributed by atoms with van der Waals surface area (Å²) in [7, 11) is 0. The molecule has 0 aliphatic heterocycles. The van der Waals surface area contributed by atoms with E-state index in [1.807, 2.05) is 13.8 Å². The van der Waals surface area contributed by atoms with E-state index in [2.05, 4.69) is 17.8 Å². The zero-order valence-electron chi connectivity index (χ0n) is 16.6. The van der Waals surface area contributed by atoms with E-state index in [0.717, 1.165) is 24.0 Å². The first-order chi connectivity index (χ1) is 13.3. The summed E-state index contributed by atoms with van der Waals surface area (Å²) in [6, 6.07) is 6.62. The third-order valence-electron chi connectivity index (χ3n) is 5.10. The monoisotopic (exact) mass is 388 g/mol. The summed E-state index contributed by atoms with van der Waals surface area (Å²) in [4.78, 5) is 36.2. The first kappa shape index (κ1) is 21.5. The Morgan fingerprint density at radius 1 is 1.04 bits per heavy atom. The second kappa shape index (κ2) is 9.92. The van der Waals surface area contributed by atoms with Crippen molar-refractivity contribution < 1.29 is 24.2 Å². The summed E-state index contributed by atoms with van der Waals surface area (Å²) in [5.41, 5.74) is 7.12. The van der Waals surface area contributed by atoms with Crippen LogP contribution in [0.5, 0.6) is 5.75 Å². The first-order valence-corrected chi connectivity index (χ1v) is 9.54. The van der Waals surface area contributed by atoms with Gasteiger partial charge in [0.1, 0.15) is 5.75 Å². The highest BCUT2D eigenvalue weighted by molar-refractivity contribution is 5.96. The number of carboxylic acids is 1. The normalized spacial score (nSPS) is 19.1. The van der Waals surface area contributed by atoms with Gasteiger partial charge in [-0.15, -0.1) is 0 Å². The molecule has 7 nitrogen and oxygen atoms in total. The number of benzene rings is 1. The number of carboxylic acid groups (broad SMARTS) is 1. The van der Waals surface area contributed by atoms with Gasteiger partial charge in [0.25, 0.3) is 5.91 Å². The lowest BCUT2D eigenvalue weighted by Gasteiger charge is -2.29. The number of nitrogens with one attached hydrogen (secondary N) is 2. The molecule has 2 amide bonds. The molecule has 28 heavy (non-hydrogen) atoms. The van der Waals surface area contributed by atoms with E-state index < -0.39 is 29.6 Å². The van der Waals surface area contributed by atoms with Gasteiger partial charge in [-0.2, -0.15) is 0 Å². The topological polar surface area (TPSA) is 105 Å². The fourth-order valence-corrected chi connectivity index (χ4v) is 3.15. The SMILES string of the molecule is CCCCOc1ccc(C(=O)NNC(=O)[C@H]2CC(C)=C(C)C[C@H]2C(=O)O)cc1. The minimum absolute atomic E-state index is 0.340. The fourth-order valence-electron chi connectivity index (χ4n) is 3.15. The molecular weight excluding hydrogens is 360 g/mol. The molecule has 0 aromatic heterocycles. The number of allylic oxidation sites excluding steroid dienone is 2. The zero-order valence-corrected chi connectivity index (χ0v) is 16.6. The van der Waals surface area contributed by atoms with Gasteiger partial charge in [-0.05, 0) is 57.4 Å². The molecule has 2 atom stereocenters. The van der Waals surface area contributed by atoms with Gasteiger partial charge in [0.2, 0.25) is 5.91 Å². The van der Waals surface area contributed by atoms with Gasteiger partial charge in [-0.3, -0.25) is 25.2 Å². The molecule has 0 fully saturated rings. The van der Waals surface area contributed by atoms with E-state index >= 15 is 0 Å². The van der Waals surface area contributed by atoms with Crippen LogP contribution < -0.4 is 15.6 Å². The Hall–Kier alpha value is -2.83. The Bertz CT molecular complexity index is 755. The maximum atomic E-state index is 12.5. The molecule has 152 valence electrons. The highest BCUT2D eigenvalue weighted by atomic mass is 16.5. The lowest BCUT2D eigenvalue weighted by molar-refractivity contribution is -0.147. The molecule has 0 bridgehead atoms.